The minimum atomic E-state index is -1.55. The van der Waals surface area contributed by atoms with Crippen molar-refractivity contribution in [1.29, 1.82) is 0 Å². The number of carbonyl (C=O) groups excluding carboxylic acids is 2. The van der Waals surface area contributed by atoms with Crippen molar-refractivity contribution in [3.8, 4) is 11.5 Å². The molecule has 158 valence electrons. The van der Waals surface area contributed by atoms with Crippen molar-refractivity contribution in [3.63, 3.8) is 0 Å². The normalized spacial score (nSPS) is 21.2. The van der Waals surface area contributed by atoms with Crippen molar-refractivity contribution in [3.05, 3.63) is 48.5 Å². The molecule has 0 aliphatic carbocycles. The van der Waals surface area contributed by atoms with Crippen LogP contribution in [0.5, 0.6) is 11.5 Å². The van der Waals surface area contributed by atoms with Gasteiger partial charge in [0, 0.05) is 38.4 Å². The number of para-hydroxylation sites is 2. The van der Waals surface area contributed by atoms with Crippen molar-refractivity contribution in [2.75, 3.05) is 49.6 Å². The summed E-state index contributed by atoms with van der Waals surface area (Å²) >= 11 is 0. The first-order valence-electron chi connectivity index (χ1n) is 10.3. The van der Waals surface area contributed by atoms with Gasteiger partial charge in [0.15, 0.2) is 0 Å². The smallest absolute Gasteiger partial charge is 0.280 e. The molecule has 1 fully saturated rings. The van der Waals surface area contributed by atoms with Crippen LogP contribution in [0, 0.1) is 0 Å². The lowest BCUT2D eigenvalue weighted by molar-refractivity contribution is -0.156. The Labute approximate surface area is 176 Å². The lowest BCUT2D eigenvalue weighted by Gasteiger charge is -2.43. The van der Waals surface area contributed by atoms with Crippen LogP contribution in [0.15, 0.2) is 48.5 Å². The molecule has 0 bridgehead atoms. The SMILES string of the molecule is CCN1C(=O)C(C)(C(=O)N2CCN(c3ccc(OC)cc3)CC2)Oc2ccccc21. The number of nitrogens with zero attached hydrogens (tertiary/aromatic N) is 3. The average Bonchev–Trinajstić information content (AvgIpc) is 2.79. The highest BCUT2D eigenvalue weighted by Gasteiger charge is 2.52. The van der Waals surface area contributed by atoms with Gasteiger partial charge in [0.05, 0.1) is 12.8 Å². The summed E-state index contributed by atoms with van der Waals surface area (Å²) in [5.74, 6) is 0.780. The van der Waals surface area contributed by atoms with E-state index < -0.39 is 5.60 Å². The summed E-state index contributed by atoms with van der Waals surface area (Å²) in [5, 5.41) is 0. The van der Waals surface area contributed by atoms with Gasteiger partial charge in [-0.1, -0.05) is 12.1 Å². The monoisotopic (exact) mass is 409 g/mol. The maximum Gasteiger partial charge on any atom is 0.280 e. The van der Waals surface area contributed by atoms with Crippen LogP contribution in [0.4, 0.5) is 11.4 Å². The molecular formula is C23H27N3O4. The first kappa shape index (κ1) is 20.1. The number of rotatable bonds is 4. The van der Waals surface area contributed by atoms with Gasteiger partial charge in [-0.2, -0.15) is 0 Å². The van der Waals surface area contributed by atoms with Gasteiger partial charge in [0.2, 0.25) is 0 Å². The van der Waals surface area contributed by atoms with E-state index in [1.807, 2.05) is 49.4 Å². The molecule has 1 saturated heterocycles. The van der Waals surface area contributed by atoms with Crippen LogP contribution in [0.3, 0.4) is 0 Å². The number of likely N-dealkylation sites (N-methyl/N-ethyl adjacent to an activating group) is 1. The summed E-state index contributed by atoms with van der Waals surface area (Å²) in [6.07, 6.45) is 0. The van der Waals surface area contributed by atoms with Crippen molar-refractivity contribution >= 4 is 23.2 Å². The molecule has 1 atom stereocenters. The fraction of sp³-hybridized carbons (Fsp3) is 0.391. The van der Waals surface area contributed by atoms with E-state index in [2.05, 4.69) is 4.90 Å². The summed E-state index contributed by atoms with van der Waals surface area (Å²) in [5.41, 5.74) is 0.247. The second-order valence-corrected chi connectivity index (χ2v) is 7.63. The standard InChI is InChI=1S/C23H27N3O4/c1-4-26-19-7-5-6-8-20(19)30-23(2,22(26)28)21(27)25-15-13-24(14-16-25)17-9-11-18(29-3)12-10-17/h5-12H,4,13-16H2,1-3H3. The topological polar surface area (TPSA) is 62.3 Å². The fourth-order valence-corrected chi connectivity index (χ4v) is 4.11. The van der Waals surface area contributed by atoms with Gasteiger partial charge < -0.3 is 24.2 Å². The summed E-state index contributed by atoms with van der Waals surface area (Å²) in [4.78, 5) is 32.2. The molecule has 30 heavy (non-hydrogen) atoms. The van der Waals surface area contributed by atoms with E-state index in [-0.39, 0.29) is 11.8 Å². The van der Waals surface area contributed by atoms with E-state index in [0.29, 0.717) is 44.2 Å². The number of hydrogen-bond donors (Lipinski definition) is 0. The van der Waals surface area contributed by atoms with E-state index in [4.69, 9.17) is 9.47 Å². The summed E-state index contributed by atoms with van der Waals surface area (Å²) in [6.45, 7) is 6.42. The number of hydrogen-bond acceptors (Lipinski definition) is 5. The number of amides is 2. The van der Waals surface area contributed by atoms with Gasteiger partial charge in [-0.25, -0.2) is 0 Å². The molecule has 2 aromatic carbocycles. The van der Waals surface area contributed by atoms with Gasteiger partial charge in [0.25, 0.3) is 17.4 Å². The van der Waals surface area contributed by atoms with E-state index in [9.17, 15) is 9.59 Å². The average molecular weight is 409 g/mol. The molecule has 2 amide bonds. The maximum absolute atomic E-state index is 13.4. The Morgan fingerprint density at radius 3 is 2.37 bits per heavy atom. The van der Waals surface area contributed by atoms with E-state index >= 15 is 0 Å². The first-order chi connectivity index (χ1) is 14.5. The number of piperazine rings is 1. The zero-order valence-corrected chi connectivity index (χ0v) is 17.6. The number of methoxy groups -OCH3 is 1. The zero-order chi connectivity index (χ0) is 21.3. The zero-order valence-electron chi connectivity index (χ0n) is 17.6. The molecular weight excluding hydrogens is 382 g/mol. The number of carbonyl (C=O) groups is 2. The summed E-state index contributed by atoms with van der Waals surface area (Å²) in [6, 6.07) is 15.2. The highest BCUT2D eigenvalue weighted by Crippen LogP contribution is 2.38. The van der Waals surface area contributed by atoms with Crippen molar-refractivity contribution < 1.29 is 19.1 Å². The van der Waals surface area contributed by atoms with Crippen molar-refractivity contribution in [2.24, 2.45) is 0 Å². The molecule has 1 unspecified atom stereocenters. The molecule has 0 radical (unpaired) electrons. The van der Waals surface area contributed by atoms with Gasteiger partial charge >= 0.3 is 0 Å². The Kier molecular flexibility index (Phi) is 5.28. The third-order valence-corrected chi connectivity index (χ3v) is 5.85. The summed E-state index contributed by atoms with van der Waals surface area (Å²) < 4.78 is 11.2. The van der Waals surface area contributed by atoms with Crippen LogP contribution in [0.2, 0.25) is 0 Å². The van der Waals surface area contributed by atoms with Crippen LogP contribution in [-0.2, 0) is 9.59 Å². The van der Waals surface area contributed by atoms with Crippen LogP contribution in [-0.4, -0.2) is 62.1 Å². The van der Waals surface area contributed by atoms with Gasteiger partial charge in [-0.3, -0.25) is 9.59 Å². The Morgan fingerprint density at radius 2 is 1.73 bits per heavy atom. The van der Waals surface area contributed by atoms with Crippen LogP contribution in [0.1, 0.15) is 13.8 Å². The van der Waals surface area contributed by atoms with Crippen LogP contribution >= 0.6 is 0 Å². The molecule has 0 spiro atoms. The van der Waals surface area contributed by atoms with Gasteiger partial charge in [-0.05, 0) is 50.2 Å². The predicted octanol–water partition coefficient (Wildman–Crippen LogP) is 2.55. The third kappa shape index (κ3) is 3.34. The van der Waals surface area contributed by atoms with Crippen molar-refractivity contribution in [1.82, 2.24) is 4.90 Å². The molecule has 2 aromatic rings. The number of fused-ring (bicyclic) bond motifs is 1. The van der Waals surface area contributed by atoms with Crippen LogP contribution < -0.4 is 19.3 Å². The highest BCUT2D eigenvalue weighted by molar-refractivity contribution is 6.16. The van der Waals surface area contributed by atoms with E-state index in [0.717, 1.165) is 11.4 Å². The molecule has 0 N–H and O–H groups in total. The third-order valence-electron chi connectivity index (χ3n) is 5.85. The molecule has 4 rings (SSSR count). The Balaban J connectivity index is 1.49. The quantitative estimate of drug-likeness (QED) is 0.727. The van der Waals surface area contributed by atoms with Crippen molar-refractivity contribution in [2.45, 2.75) is 19.4 Å². The number of ether oxygens (including phenoxy) is 2. The van der Waals surface area contributed by atoms with Gasteiger partial charge in [0.1, 0.15) is 11.5 Å². The molecule has 7 heteroatoms. The number of anilines is 2. The minimum Gasteiger partial charge on any atom is -0.497 e. The van der Waals surface area contributed by atoms with Gasteiger partial charge in [-0.15, -0.1) is 0 Å². The molecule has 2 aliphatic rings. The van der Waals surface area contributed by atoms with E-state index in [1.54, 1.807) is 29.9 Å². The molecule has 2 aliphatic heterocycles. The molecule has 2 heterocycles. The molecule has 0 saturated carbocycles. The lowest BCUT2D eigenvalue weighted by Crippen LogP contribution is -2.64. The number of benzene rings is 2. The van der Waals surface area contributed by atoms with Crippen LogP contribution in [0.25, 0.3) is 0 Å². The summed E-state index contributed by atoms with van der Waals surface area (Å²) in [7, 11) is 1.65. The second-order valence-electron chi connectivity index (χ2n) is 7.63. The van der Waals surface area contributed by atoms with E-state index in [1.165, 1.54) is 0 Å². The lowest BCUT2D eigenvalue weighted by atomic mass is 9.98. The Bertz CT molecular complexity index is 938. The molecule has 0 aromatic heterocycles. The fourth-order valence-electron chi connectivity index (χ4n) is 4.11. The Morgan fingerprint density at radius 1 is 1.07 bits per heavy atom. The molecule has 7 nitrogen and oxygen atoms in total. The first-order valence-corrected chi connectivity index (χ1v) is 10.3. The predicted molar refractivity (Wildman–Crippen MR) is 115 cm³/mol. The Hall–Kier alpha value is -3.22. The largest absolute Gasteiger partial charge is 0.497 e. The second kappa shape index (κ2) is 7.89. The highest BCUT2D eigenvalue weighted by atomic mass is 16.5. The minimum absolute atomic E-state index is 0.283. The maximum atomic E-state index is 13.4.